The molecule has 0 bridgehead atoms. The Hall–Kier alpha value is -1.94. The SMILES string of the molecule is CCCCCCCCCCCCCCCCCCCCCCCC(=O)OC[C@H](COP(=O)(O)OC[C@@H](O)COP(=O)(O)OC[C@@H](COC(=O)CCCCCCCCC(C)CC)OC(=O)CCCCCCCCCCCC(C)C)OC(=O)CCCCCCCCCCCCCCCCCCCCCCC. The molecular formula is C85H166O17P2. The number of ether oxygens (including phenoxy) is 4. The van der Waals surface area contributed by atoms with Crippen molar-refractivity contribution < 1.29 is 80.2 Å². The van der Waals surface area contributed by atoms with Crippen molar-refractivity contribution in [2.24, 2.45) is 11.8 Å². The average Bonchev–Trinajstić information content (AvgIpc) is 0.924. The third-order valence-corrected chi connectivity index (χ3v) is 22.2. The summed E-state index contributed by atoms with van der Waals surface area (Å²) in [5.41, 5.74) is 0. The summed E-state index contributed by atoms with van der Waals surface area (Å²) >= 11 is 0. The predicted octanol–water partition coefficient (Wildman–Crippen LogP) is 25.8. The molecule has 0 aromatic rings. The maximum atomic E-state index is 13.1. The molecule has 0 aliphatic rings. The topological polar surface area (TPSA) is 237 Å². The monoisotopic (exact) mass is 1520 g/mol. The summed E-state index contributed by atoms with van der Waals surface area (Å²) in [5.74, 6) is -0.641. The first-order chi connectivity index (χ1) is 50.4. The molecule has 104 heavy (non-hydrogen) atoms. The molecule has 3 unspecified atom stereocenters. The molecule has 0 amide bonds. The van der Waals surface area contributed by atoms with E-state index in [4.69, 9.17) is 37.0 Å². The fourth-order valence-electron chi connectivity index (χ4n) is 13.2. The number of phosphoric acid groups is 2. The van der Waals surface area contributed by atoms with Crippen molar-refractivity contribution >= 4 is 39.5 Å². The molecule has 0 saturated carbocycles. The van der Waals surface area contributed by atoms with Gasteiger partial charge in [0.05, 0.1) is 26.4 Å². The molecule has 0 spiro atoms. The van der Waals surface area contributed by atoms with Gasteiger partial charge in [-0.05, 0) is 37.5 Å². The van der Waals surface area contributed by atoms with Gasteiger partial charge in [-0.25, -0.2) is 9.13 Å². The Bertz CT molecular complexity index is 2000. The molecular weight excluding hydrogens is 1350 g/mol. The number of carbonyl (C=O) groups excluding carboxylic acids is 4. The van der Waals surface area contributed by atoms with E-state index in [1.54, 1.807) is 0 Å². The first-order valence-corrected chi connectivity index (χ1v) is 47.0. The lowest BCUT2D eigenvalue weighted by Crippen LogP contribution is -2.30. The predicted molar refractivity (Wildman–Crippen MR) is 428 cm³/mol. The van der Waals surface area contributed by atoms with Crippen LogP contribution in [0.4, 0.5) is 0 Å². The van der Waals surface area contributed by atoms with Gasteiger partial charge < -0.3 is 33.8 Å². The molecule has 0 aliphatic carbocycles. The number of hydrogen-bond acceptors (Lipinski definition) is 15. The normalized spacial score (nSPS) is 14.1. The summed E-state index contributed by atoms with van der Waals surface area (Å²) in [6, 6.07) is 0. The molecule has 19 heteroatoms. The van der Waals surface area contributed by atoms with Crippen LogP contribution < -0.4 is 0 Å². The lowest BCUT2D eigenvalue weighted by atomic mass is 10.00. The van der Waals surface area contributed by atoms with Gasteiger partial charge in [-0.15, -0.1) is 0 Å². The van der Waals surface area contributed by atoms with Crippen molar-refractivity contribution in [3.05, 3.63) is 0 Å². The van der Waals surface area contributed by atoms with Gasteiger partial charge in [0.2, 0.25) is 0 Å². The van der Waals surface area contributed by atoms with Gasteiger partial charge in [0.25, 0.3) is 0 Å². The molecule has 618 valence electrons. The van der Waals surface area contributed by atoms with Gasteiger partial charge >= 0.3 is 39.5 Å². The van der Waals surface area contributed by atoms with Crippen molar-refractivity contribution in [1.82, 2.24) is 0 Å². The van der Waals surface area contributed by atoms with E-state index in [1.165, 1.54) is 263 Å². The van der Waals surface area contributed by atoms with Crippen LogP contribution in [0.15, 0.2) is 0 Å². The first-order valence-electron chi connectivity index (χ1n) is 44.0. The van der Waals surface area contributed by atoms with E-state index in [0.29, 0.717) is 25.7 Å². The number of rotatable bonds is 84. The highest BCUT2D eigenvalue weighted by atomic mass is 31.2. The van der Waals surface area contributed by atoms with Crippen LogP contribution in [-0.4, -0.2) is 96.7 Å². The Morgan fingerprint density at radius 1 is 0.279 bits per heavy atom. The van der Waals surface area contributed by atoms with Gasteiger partial charge in [0.1, 0.15) is 19.3 Å². The Morgan fingerprint density at radius 2 is 0.490 bits per heavy atom. The summed E-state index contributed by atoms with van der Waals surface area (Å²) in [7, 11) is -9.92. The van der Waals surface area contributed by atoms with Crippen LogP contribution >= 0.6 is 15.6 Å². The molecule has 0 fully saturated rings. The minimum Gasteiger partial charge on any atom is -0.462 e. The van der Waals surface area contributed by atoms with E-state index in [2.05, 4.69) is 41.5 Å². The Balaban J connectivity index is 5.20. The third kappa shape index (κ3) is 76.8. The van der Waals surface area contributed by atoms with Crippen LogP contribution in [0.5, 0.6) is 0 Å². The van der Waals surface area contributed by atoms with E-state index in [1.807, 2.05) is 0 Å². The average molecular weight is 1520 g/mol. The van der Waals surface area contributed by atoms with Crippen molar-refractivity contribution in [3.63, 3.8) is 0 Å². The standard InChI is InChI=1S/C85H166O17P2/c1-7-10-12-14-16-18-20-22-24-26-28-30-32-34-36-38-40-44-48-55-61-67-82(87)95-73-80(101-84(89)69-63-57-49-45-41-39-37-35-33-31-29-27-25-23-21-19-17-15-13-11-8-2)75-99-103(91,92)97-71-79(86)72-98-104(93,94)100-76-81(74-96-83(88)68-62-56-52-51-54-60-66-78(6)9-3)102-85(90)70-64-58-50-46-42-43-47-53-59-65-77(4)5/h77-81,86H,7-76H2,1-6H3,(H,91,92)(H,93,94)/t78?,79-,80-,81-/m1/s1. The maximum absolute atomic E-state index is 13.1. The van der Waals surface area contributed by atoms with E-state index in [0.717, 1.165) is 108 Å². The van der Waals surface area contributed by atoms with Gasteiger partial charge in [-0.1, -0.05) is 401 Å². The molecule has 0 aromatic heterocycles. The van der Waals surface area contributed by atoms with Crippen LogP contribution in [0.2, 0.25) is 0 Å². The van der Waals surface area contributed by atoms with Gasteiger partial charge in [0.15, 0.2) is 12.2 Å². The quantitative estimate of drug-likeness (QED) is 0.0222. The van der Waals surface area contributed by atoms with Crippen LogP contribution in [-0.2, 0) is 65.4 Å². The molecule has 6 atom stereocenters. The first kappa shape index (κ1) is 102. The molecule has 0 aliphatic heterocycles. The molecule has 3 N–H and O–H groups in total. The largest absolute Gasteiger partial charge is 0.472 e. The fraction of sp³-hybridized carbons (Fsp3) is 0.953. The number of phosphoric ester groups is 2. The lowest BCUT2D eigenvalue weighted by molar-refractivity contribution is -0.161. The van der Waals surface area contributed by atoms with Crippen molar-refractivity contribution in [2.45, 2.75) is 471 Å². The smallest absolute Gasteiger partial charge is 0.462 e. The highest BCUT2D eigenvalue weighted by molar-refractivity contribution is 7.47. The van der Waals surface area contributed by atoms with Gasteiger partial charge in [-0.2, -0.15) is 0 Å². The highest BCUT2D eigenvalue weighted by Gasteiger charge is 2.30. The number of hydrogen-bond donors (Lipinski definition) is 3. The van der Waals surface area contributed by atoms with E-state index in [9.17, 15) is 43.2 Å². The lowest BCUT2D eigenvalue weighted by Gasteiger charge is -2.21. The summed E-state index contributed by atoms with van der Waals surface area (Å²) in [6.45, 7) is 9.58. The minimum atomic E-state index is -4.97. The number of esters is 4. The zero-order chi connectivity index (χ0) is 76.4. The molecule has 0 saturated heterocycles. The summed E-state index contributed by atoms with van der Waals surface area (Å²) in [6.07, 6.45) is 68.4. The van der Waals surface area contributed by atoms with Crippen LogP contribution in [0.1, 0.15) is 452 Å². The Kier molecular flexibility index (Phi) is 75.0. The van der Waals surface area contributed by atoms with Crippen LogP contribution in [0.25, 0.3) is 0 Å². The summed E-state index contributed by atoms with van der Waals surface area (Å²) in [5, 5.41) is 10.7. The van der Waals surface area contributed by atoms with Gasteiger partial charge in [0, 0.05) is 25.7 Å². The summed E-state index contributed by atoms with van der Waals surface area (Å²) in [4.78, 5) is 73.1. The van der Waals surface area contributed by atoms with E-state index >= 15 is 0 Å². The van der Waals surface area contributed by atoms with Gasteiger partial charge in [-0.3, -0.25) is 37.3 Å². The highest BCUT2D eigenvalue weighted by Crippen LogP contribution is 2.45. The zero-order valence-corrected chi connectivity index (χ0v) is 70.1. The molecule has 0 aromatic carbocycles. The Morgan fingerprint density at radius 3 is 0.731 bits per heavy atom. The van der Waals surface area contributed by atoms with Crippen molar-refractivity contribution in [3.8, 4) is 0 Å². The second kappa shape index (κ2) is 76.4. The second-order valence-corrected chi connectivity index (χ2v) is 34.2. The molecule has 0 rings (SSSR count). The minimum absolute atomic E-state index is 0.105. The van der Waals surface area contributed by atoms with Crippen LogP contribution in [0, 0.1) is 11.8 Å². The number of aliphatic hydroxyl groups excluding tert-OH is 1. The second-order valence-electron chi connectivity index (χ2n) is 31.3. The van der Waals surface area contributed by atoms with E-state index in [-0.39, 0.29) is 25.7 Å². The molecule has 0 heterocycles. The maximum Gasteiger partial charge on any atom is 0.472 e. The fourth-order valence-corrected chi connectivity index (χ4v) is 14.8. The van der Waals surface area contributed by atoms with E-state index < -0.39 is 97.5 Å². The van der Waals surface area contributed by atoms with Crippen molar-refractivity contribution in [1.29, 1.82) is 0 Å². The molecule has 0 radical (unpaired) electrons. The van der Waals surface area contributed by atoms with Crippen LogP contribution in [0.3, 0.4) is 0 Å². The van der Waals surface area contributed by atoms with Crippen molar-refractivity contribution in [2.75, 3.05) is 39.6 Å². The number of aliphatic hydroxyl groups is 1. The Labute approximate surface area is 638 Å². The molecule has 17 nitrogen and oxygen atoms in total. The zero-order valence-electron chi connectivity index (χ0n) is 68.3. The summed E-state index contributed by atoms with van der Waals surface area (Å²) < 4.78 is 68.8. The number of carbonyl (C=O) groups is 4. The third-order valence-electron chi connectivity index (χ3n) is 20.3. The number of unbranched alkanes of at least 4 members (excludes halogenated alkanes) is 53.